The van der Waals surface area contributed by atoms with Gasteiger partial charge in [-0.2, -0.15) is 0 Å². The summed E-state index contributed by atoms with van der Waals surface area (Å²) in [7, 11) is 0. The first-order valence-electron chi connectivity index (χ1n) is 3.57. The minimum absolute atomic E-state index is 0.353. The standard InChI is InChI=1S/C7H13NO3/c1-6(2,11)7(5(9)10)3-8-4-7/h8,11H,3-4H2,1-2H3,(H,9,10). The van der Waals surface area contributed by atoms with Crippen LogP contribution in [0.1, 0.15) is 13.8 Å². The summed E-state index contributed by atoms with van der Waals surface area (Å²) < 4.78 is 0. The van der Waals surface area contributed by atoms with E-state index >= 15 is 0 Å². The SMILES string of the molecule is CC(C)(O)C1(C(=O)O)CNC1. The minimum Gasteiger partial charge on any atom is -0.481 e. The molecule has 4 nitrogen and oxygen atoms in total. The number of carbonyl (C=O) groups is 1. The van der Waals surface area contributed by atoms with E-state index < -0.39 is 17.0 Å². The fraction of sp³-hybridized carbons (Fsp3) is 0.857. The predicted molar refractivity (Wildman–Crippen MR) is 39.2 cm³/mol. The molecule has 4 heteroatoms. The topological polar surface area (TPSA) is 69.6 Å². The maximum atomic E-state index is 10.8. The van der Waals surface area contributed by atoms with Crippen molar-refractivity contribution in [1.29, 1.82) is 0 Å². The van der Waals surface area contributed by atoms with Gasteiger partial charge in [0, 0.05) is 13.1 Å². The lowest BCUT2D eigenvalue weighted by Gasteiger charge is -2.46. The fourth-order valence-corrected chi connectivity index (χ4v) is 1.22. The van der Waals surface area contributed by atoms with Crippen LogP contribution in [0, 0.1) is 5.41 Å². The van der Waals surface area contributed by atoms with Crippen molar-refractivity contribution in [2.24, 2.45) is 5.41 Å². The monoisotopic (exact) mass is 159 g/mol. The molecule has 0 aromatic heterocycles. The van der Waals surface area contributed by atoms with Crippen LogP contribution in [0.4, 0.5) is 0 Å². The number of hydrogen-bond acceptors (Lipinski definition) is 3. The largest absolute Gasteiger partial charge is 0.481 e. The van der Waals surface area contributed by atoms with Crippen LogP contribution in [0.25, 0.3) is 0 Å². The van der Waals surface area contributed by atoms with E-state index in [-0.39, 0.29) is 0 Å². The summed E-state index contributed by atoms with van der Waals surface area (Å²) in [6.45, 7) is 3.77. The van der Waals surface area contributed by atoms with Gasteiger partial charge in [-0.1, -0.05) is 0 Å². The van der Waals surface area contributed by atoms with E-state index in [0.717, 1.165) is 0 Å². The van der Waals surface area contributed by atoms with Gasteiger partial charge in [0.25, 0.3) is 0 Å². The van der Waals surface area contributed by atoms with Gasteiger partial charge in [0.2, 0.25) is 0 Å². The van der Waals surface area contributed by atoms with Crippen molar-refractivity contribution in [2.45, 2.75) is 19.4 Å². The molecule has 64 valence electrons. The lowest BCUT2D eigenvalue weighted by molar-refractivity contribution is -0.172. The van der Waals surface area contributed by atoms with Crippen molar-refractivity contribution >= 4 is 5.97 Å². The first-order chi connectivity index (χ1) is 4.90. The van der Waals surface area contributed by atoms with Crippen LogP contribution in [-0.2, 0) is 4.79 Å². The van der Waals surface area contributed by atoms with Gasteiger partial charge in [-0.25, -0.2) is 0 Å². The highest BCUT2D eigenvalue weighted by atomic mass is 16.4. The highest BCUT2D eigenvalue weighted by Crippen LogP contribution is 2.35. The molecule has 0 unspecified atom stereocenters. The average Bonchev–Trinajstić information content (AvgIpc) is 1.52. The zero-order valence-corrected chi connectivity index (χ0v) is 6.72. The molecule has 1 aliphatic heterocycles. The highest BCUT2D eigenvalue weighted by molar-refractivity contribution is 5.78. The second kappa shape index (κ2) is 2.19. The average molecular weight is 159 g/mol. The molecular formula is C7H13NO3. The molecule has 1 aliphatic rings. The molecule has 0 bridgehead atoms. The number of carboxylic acid groups (broad SMARTS) is 1. The van der Waals surface area contributed by atoms with Crippen LogP contribution >= 0.6 is 0 Å². The predicted octanol–water partition coefficient (Wildman–Crippen LogP) is -0.568. The molecule has 1 fully saturated rings. The molecular weight excluding hydrogens is 146 g/mol. The maximum absolute atomic E-state index is 10.8. The second-order valence-electron chi connectivity index (χ2n) is 3.55. The number of carboxylic acids is 1. The zero-order chi connectivity index (χ0) is 8.70. The van der Waals surface area contributed by atoms with Crippen molar-refractivity contribution in [3.8, 4) is 0 Å². The van der Waals surface area contributed by atoms with E-state index in [1.54, 1.807) is 0 Å². The number of hydrogen-bond donors (Lipinski definition) is 3. The van der Waals surface area contributed by atoms with E-state index in [9.17, 15) is 9.90 Å². The Morgan fingerprint density at radius 1 is 1.55 bits per heavy atom. The molecule has 0 aromatic carbocycles. The van der Waals surface area contributed by atoms with Gasteiger partial charge in [-0.05, 0) is 13.8 Å². The van der Waals surface area contributed by atoms with Crippen LogP contribution < -0.4 is 5.32 Å². The Bertz CT molecular complexity index is 179. The fourth-order valence-electron chi connectivity index (χ4n) is 1.22. The molecule has 0 aliphatic carbocycles. The molecule has 0 atom stereocenters. The number of aliphatic hydroxyl groups is 1. The van der Waals surface area contributed by atoms with E-state index in [4.69, 9.17) is 5.11 Å². The van der Waals surface area contributed by atoms with Crippen LogP contribution in [0.2, 0.25) is 0 Å². The van der Waals surface area contributed by atoms with Crippen LogP contribution in [0.15, 0.2) is 0 Å². The van der Waals surface area contributed by atoms with Crippen LogP contribution in [-0.4, -0.2) is 34.9 Å². The molecule has 0 saturated carbocycles. The third-order valence-corrected chi connectivity index (χ3v) is 2.43. The lowest BCUT2D eigenvalue weighted by Crippen LogP contribution is -2.68. The van der Waals surface area contributed by atoms with E-state index in [1.165, 1.54) is 13.8 Å². The highest BCUT2D eigenvalue weighted by Gasteiger charge is 2.55. The Morgan fingerprint density at radius 3 is 2.00 bits per heavy atom. The Kier molecular flexibility index (Phi) is 1.69. The quantitative estimate of drug-likeness (QED) is 0.504. The first-order valence-corrected chi connectivity index (χ1v) is 3.57. The lowest BCUT2D eigenvalue weighted by atomic mass is 9.69. The summed E-state index contributed by atoms with van der Waals surface area (Å²) in [4.78, 5) is 10.8. The summed E-state index contributed by atoms with van der Waals surface area (Å²) in [5, 5.41) is 21.2. The Balaban J connectivity index is 2.85. The first kappa shape index (κ1) is 8.49. The van der Waals surface area contributed by atoms with Crippen molar-refractivity contribution in [1.82, 2.24) is 5.32 Å². The summed E-state index contributed by atoms with van der Waals surface area (Å²) in [6.07, 6.45) is 0. The van der Waals surface area contributed by atoms with E-state index in [1.807, 2.05) is 0 Å². The zero-order valence-electron chi connectivity index (χ0n) is 6.72. The van der Waals surface area contributed by atoms with E-state index in [0.29, 0.717) is 13.1 Å². The van der Waals surface area contributed by atoms with Gasteiger partial charge in [-0.3, -0.25) is 4.79 Å². The molecule has 0 amide bonds. The number of aliphatic carboxylic acids is 1. The van der Waals surface area contributed by atoms with Crippen molar-refractivity contribution < 1.29 is 15.0 Å². The molecule has 1 heterocycles. The summed E-state index contributed by atoms with van der Waals surface area (Å²) >= 11 is 0. The smallest absolute Gasteiger partial charge is 0.315 e. The maximum Gasteiger partial charge on any atom is 0.315 e. The number of rotatable bonds is 2. The van der Waals surface area contributed by atoms with Gasteiger partial charge >= 0.3 is 5.97 Å². The molecule has 0 spiro atoms. The third-order valence-electron chi connectivity index (χ3n) is 2.43. The molecule has 0 aromatic rings. The molecule has 1 saturated heterocycles. The molecule has 1 rings (SSSR count). The molecule has 3 N–H and O–H groups in total. The molecule has 11 heavy (non-hydrogen) atoms. The van der Waals surface area contributed by atoms with Crippen LogP contribution in [0.3, 0.4) is 0 Å². The van der Waals surface area contributed by atoms with Crippen LogP contribution in [0.5, 0.6) is 0 Å². The van der Waals surface area contributed by atoms with Gasteiger partial charge < -0.3 is 15.5 Å². The molecule has 0 radical (unpaired) electrons. The van der Waals surface area contributed by atoms with Gasteiger partial charge in [0.15, 0.2) is 0 Å². The summed E-state index contributed by atoms with van der Waals surface area (Å²) in [5.74, 6) is -0.927. The summed E-state index contributed by atoms with van der Waals surface area (Å²) in [6, 6.07) is 0. The van der Waals surface area contributed by atoms with Gasteiger partial charge in [0.05, 0.1) is 5.60 Å². The van der Waals surface area contributed by atoms with Crippen molar-refractivity contribution in [2.75, 3.05) is 13.1 Å². The van der Waals surface area contributed by atoms with Gasteiger partial charge in [0.1, 0.15) is 5.41 Å². The normalized spacial score (nSPS) is 22.5. The van der Waals surface area contributed by atoms with Gasteiger partial charge in [-0.15, -0.1) is 0 Å². The minimum atomic E-state index is -1.15. The van der Waals surface area contributed by atoms with Crippen molar-refractivity contribution in [3.63, 3.8) is 0 Å². The third kappa shape index (κ3) is 1.02. The summed E-state index contributed by atoms with van der Waals surface area (Å²) in [5.41, 5.74) is -2.13. The van der Waals surface area contributed by atoms with Crippen molar-refractivity contribution in [3.05, 3.63) is 0 Å². The second-order valence-corrected chi connectivity index (χ2v) is 3.55. The van der Waals surface area contributed by atoms with E-state index in [2.05, 4.69) is 5.32 Å². The Morgan fingerprint density at radius 2 is 2.00 bits per heavy atom. The number of nitrogens with one attached hydrogen (secondary N) is 1. The Labute approximate surface area is 65.2 Å². The Hall–Kier alpha value is -0.610.